The van der Waals surface area contributed by atoms with Gasteiger partial charge in [-0.15, -0.1) is 0 Å². The van der Waals surface area contributed by atoms with Crippen LogP contribution in [0.5, 0.6) is 0 Å². The second-order valence-electron chi connectivity index (χ2n) is 7.64. The molecule has 8 heteroatoms. The molecule has 0 fully saturated rings. The summed E-state index contributed by atoms with van der Waals surface area (Å²) in [5.41, 5.74) is -0.929. The molecule has 1 amide bonds. The third-order valence-corrected chi connectivity index (χ3v) is 4.89. The molecule has 1 atom stereocenters. The van der Waals surface area contributed by atoms with Gasteiger partial charge in [-0.25, -0.2) is 4.79 Å². The number of hydrogen-bond donors (Lipinski definition) is 1. The van der Waals surface area contributed by atoms with Crippen molar-refractivity contribution in [2.45, 2.75) is 53.2 Å². The van der Waals surface area contributed by atoms with Crippen LogP contribution in [-0.2, 0) is 14.9 Å². The Morgan fingerprint density at radius 3 is 1.86 bits per heavy atom. The van der Waals surface area contributed by atoms with Gasteiger partial charge in [-0.1, -0.05) is 20.8 Å². The maximum absolute atomic E-state index is 12.1. The number of likely N-dealkylation sites (N-methyl/N-ethyl adjacent to an activating group) is 1. The van der Waals surface area contributed by atoms with Crippen LogP contribution in [0.4, 0.5) is 4.79 Å². The molecule has 22 heavy (non-hydrogen) atoms. The van der Waals surface area contributed by atoms with Crippen LogP contribution in [0.25, 0.3) is 0 Å². The van der Waals surface area contributed by atoms with Crippen LogP contribution in [0.2, 0.25) is 0 Å². The van der Waals surface area contributed by atoms with Crippen molar-refractivity contribution in [2.24, 2.45) is 5.41 Å². The largest absolute Gasteiger partial charge is 0.444 e. The van der Waals surface area contributed by atoms with Gasteiger partial charge in [0.2, 0.25) is 0 Å². The Morgan fingerprint density at radius 2 is 1.55 bits per heavy atom. The molecule has 0 aliphatic carbocycles. The average molecular weight is 337 g/mol. The Kier molecular flexibility index (Phi) is 6.86. The highest BCUT2D eigenvalue weighted by molar-refractivity contribution is 7.86. The van der Waals surface area contributed by atoms with E-state index in [2.05, 4.69) is 5.32 Å². The molecular formula is C14H31N3O4S. The summed E-state index contributed by atoms with van der Waals surface area (Å²) in [7, 11) is 0.905. The number of amides is 1. The molecule has 0 aliphatic rings. The van der Waals surface area contributed by atoms with E-state index in [1.54, 1.807) is 20.8 Å². The maximum Gasteiger partial charge on any atom is 0.407 e. The topological polar surface area (TPSA) is 79.0 Å². The molecule has 0 radical (unpaired) electrons. The monoisotopic (exact) mass is 337 g/mol. The second-order valence-corrected chi connectivity index (χ2v) is 9.88. The zero-order valence-electron chi connectivity index (χ0n) is 15.2. The van der Waals surface area contributed by atoms with Crippen molar-refractivity contribution in [3.8, 4) is 0 Å². The zero-order valence-corrected chi connectivity index (χ0v) is 16.0. The highest BCUT2D eigenvalue weighted by atomic mass is 32.2. The number of carbonyl (C=O) groups is 1. The first-order valence-corrected chi connectivity index (χ1v) is 8.60. The van der Waals surface area contributed by atoms with Gasteiger partial charge in [0.05, 0.1) is 6.04 Å². The minimum Gasteiger partial charge on any atom is -0.444 e. The Labute approximate surface area is 135 Å². The SMILES string of the molecule is CN(C)S(=O)(=O)N(C)C[C@H](NC(=O)OC(C)(C)C)C(C)(C)C. The Balaban J connectivity index is 5.08. The van der Waals surface area contributed by atoms with Crippen molar-refractivity contribution < 1.29 is 17.9 Å². The van der Waals surface area contributed by atoms with E-state index >= 15 is 0 Å². The summed E-state index contributed by atoms with van der Waals surface area (Å²) in [6, 6.07) is -0.387. The van der Waals surface area contributed by atoms with Crippen molar-refractivity contribution >= 4 is 16.3 Å². The zero-order chi connectivity index (χ0) is 17.9. The van der Waals surface area contributed by atoms with Crippen molar-refractivity contribution in [3.63, 3.8) is 0 Å². The fourth-order valence-corrected chi connectivity index (χ4v) is 2.51. The smallest absolute Gasteiger partial charge is 0.407 e. The van der Waals surface area contributed by atoms with Crippen LogP contribution >= 0.6 is 0 Å². The molecule has 132 valence electrons. The maximum atomic E-state index is 12.1. The highest BCUT2D eigenvalue weighted by Gasteiger charge is 2.32. The summed E-state index contributed by atoms with van der Waals surface area (Å²) in [5, 5.41) is 2.77. The molecule has 0 saturated carbocycles. The number of nitrogens with zero attached hydrogens (tertiary/aromatic N) is 2. The molecule has 0 aromatic heterocycles. The van der Waals surface area contributed by atoms with Gasteiger partial charge in [-0.2, -0.15) is 17.0 Å². The number of alkyl carbamates (subject to hydrolysis) is 1. The van der Waals surface area contributed by atoms with Crippen LogP contribution in [0, 0.1) is 5.41 Å². The molecule has 7 nitrogen and oxygen atoms in total. The summed E-state index contributed by atoms with van der Waals surface area (Å²) in [6.45, 7) is 11.3. The number of hydrogen-bond acceptors (Lipinski definition) is 4. The van der Waals surface area contributed by atoms with E-state index in [1.165, 1.54) is 25.4 Å². The Morgan fingerprint density at radius 1 is 1.09 bits per heavy atom. The van der Waals surface area contributed by atoms with Gasteiger partial charge < -0.3 is 10.1 Å². The number of nitrogens with one attached hydrogen (secondary N) is 1. The molecular weight excluding hydrogens is 306 g/mol. The molecule has 0 rings (SSSR count). The highest BCUT2D eigenvalue weighted by Crippen LogP contribution is 2.21. The van der Waals surface area contributed by atoms with E-state index in [9.17, 15) is 13.2 Å². The van der Waals surface area contributed by atoms with Crippen LogP contribution < -0.4 is 5.32 Å². The summed E-state index contributed by atoms with van der Waals surface area (Å²) in [5.74, 6) is 0. The molecule has 1 N–H and O–H groups in total. The van der Waals surface area contributed by atoms with E-state index in [-0.39, 0.29) is 18.0 Å². The van der Waals surface area contributed by atoms with Crippen LogP contribution in [0.15, 0.2) is 0 Å². The molecule has 0 spiro atoms. The summed E-state index contributed by atoms with van der Waals surface area (Å²) in [6.07, 6.45) is -0.553. The first kappa shape index (κ1) is 21.1. The first-order chi connectivity index (χ1) is 9.57. The second kappa shape index (κ2) is 7.14. The molecule has 0 aliphatic heterocycles. The van der Waals surface area contributed by atoms with Crippen molar-refractivity contribution in [2.75, 3.05) is 27.7 Å². The minimum atomic E-state index is -3.53. The van der Waals surface area contributed by atoms with Crippen LogP contribution in [0.1, 0.15) is 41.5 Å². The predicted octanol–water partition coefficient (Wildman–Crippen LogP) is 1.66. The van der Waals surface area contributed by atoms with Gasteiger partial charge in [-0.05, 0) is 26.2 Å². The van der Waals surface area contributed by atoms with E-state index < -0.39 is 21.9 Å². The van der Waals surface area contributed by atoms with Gasteiger partial charge in [0.1, 0.15) is 5.60 Å². The van der Waals surface area contributed by atoms with E-state index in [0.29, 0.717) is 0 Å². The van der Waals surface area contributed by atoms with Crippen LogP contribution in [-0.4, -0.2) is 62.5 Å². The van der Waals surface area contributed by atoms with Crippen molar-refractivity contribution in [1.82, 2.24) is 13.9 Å². The van der Waals surface area contributed by atoms with Crippen molar-refractivity contribution in [1.29, 1.82) is 0 Å². The fourth-order valence-electron chi connectivity index (χ4n) is 1.62. The third kappa shape index (κ3) is 6.93. The normalized spacial score (nSPS) is 15.0. The van der Waals surface area contributed by atoms with Gasteiger partial charge in [0.15, 0.2) is 0 Å². The number of carbonyl (C=O) groups excluding carboxylic acids is 1. The van der Waals surface area contributed by atoms with Gasteiger partial charge in [0, 0.05) is 27.7 Å². The summed E-state index contributed by atoms with van der Waals surface area (Å²) < 4.78 is 31.8. The lowest BCUT2D eigenvalue weighted by Crippen LogP contribution is -2.53. The van der Waals surface area contributed by atoms with Gasteiger partial charge >= 0.3 is 6.09 Å². The summed E-state index contributed by atoms with van der Waals surface area (Å²) >= 11 is 0. The van der Waals surface area contributed by atoms with E-state index in [4.69, 9.17) is 4.74 Å². The number of rotatable bonds is 5. The first-order valence-electron chi connectivity index (χ1n) is 7.20. The Hall–Kier alpha value is -0.860. The molecule has 0 bridgehead atoms. The minimum absolute atomic E-state index is 0.156. The lowest BCUT2D eigenvalue weighted by atomic mass is 9.87. The van der Waals surface area contributed by atoms with E-state index in [0.717, 1.165) is 4.31 Å². The van der Waals surface area contributed by atoms with Gasteiger partial charge in [0.25, 0.3) is 10.2 Å². The fraction of sp³-hybridized carbons (Fsp3) is 0.929. The quantitative estimate of drug-likeness (QED) is 0.827. The lowest BCUT2D eigenvalue weighted by Gasteiger charge is -2.35. The van der Waals surface area contributed by atoms with Crippen molar-refractivity contribution in [3.05, 3.63) is 0 Å². The predicted molar refractivity (Wildman–Crippen MR) is 87.8 cm³/mol. The molecule has 0 unspecified atom stereocenters. The van der Waals surface area contributed by atoms with E-state index in [1.807, 2.05) is 20.8 Å². The molecule has 0 heterocycles. The molecule has 0 aromatic rings. The van der Waals surface area contributed by atoms with Crippen LogP contribution in [0.3, 0.4) is 0 Å². The number of ether oxygens (including phenoxy) is 1. The molecule has 0 saturated heterocycles. The van der Waals surface area contributed by atoms with Gasteiger partial charge in [-0.3, -0.25) is 0 Å². The summed E-state index contributed by atoms with van der Waals surface area (Å²) in [4.78, 5) is 12.0. The Bertz CT molecular complexity index is 475. The third-order valence-electron chi connectivity index (χ3n) is 3.03. The molecule has 0 aromatic carbocycles. The average Bonchev–Trinajstić information content (AvgIpc) is 2.23. The standard InChI is InChI=1S/C14H31N3O4S/c1-13(2,3)11(15-12(18)21-14(4,5)6)10-17(9)22(19,20)16(7)8/h11H,10H2,1-9H3,(H,15,18)/t11-/m0/s1. The lowest BCUT2D eigenvalue weighted by molar-refractivity contribution is 0.0455.